The van der Waals surface area contributed by atoms with Crippen molar-refractivity contribution >= 4 is 5.91 Å². The van der Waals surface area contributed by atoms with E-state index >= 15 is 0 Å². The Morgan fingerprint density at radius 3 is 2.27 bits per heavy atom. The number of nitrogens with zero attached hydrogens (tertiary/aromatic N) is 1. The molecule has 1 amide bonds. The summed E-state index contributed by atoms with van der Waals surface area (Å²) in [6, 6.07) is 1.03. The molecular weight excluding hydrogens is 190 g/mol. The Morgan fingerprint density at radius 1 is 1.33 bits per heavy atom. The average molecular weight is 213 g/mol. The van der Waals surface area contributed by atoms with Crippen LogP contribution in [-0.2, 0) is 4.79 Å². The zero-order chi connectivity index (χ0) is 11.6. The highest BCUT2D eigenvalue weighted by Gasteiger charge is 2.31. The fraction of sp³-hybridized carbons (Fsp3) is 0.909. The molecule has 0 aromatic heterocycles. The van der Waals surface area contributed by atoms with Crippen LogP contribution in [0.15, 0.2) is 0 Å². The van der Waals surface area contributed by atoms with Crippen molar-refractivity contribution in [2.75, 3.05) is 13.1 Å². The van der Waals surface area contributed by atoms with Gasteiger partial charge < -0.3 is 5.32 Å². The quantitative estimate of drug-likeness (QED) is 0.727. The zero-order valence-corrected chi connectivity index (χ0v) is 10.4. The fourth-order valence-corrected chi connectivity index (χ4v) is 1.46. The Hall–Kier alpha value is -0.610. The van der Waals surface area contributed by atoms with Gasteiger partial charge >= 0.3 is 0 Å². The van der Waals surface area contributed by atoms with Crippen LogP contribution in [0.4, 0.5) is 0 Å². The Bertz CT molecular complexity index is 226. The predicted octanol–water partition coefficient (Wildman–Crippen LogP) is 0.746. The van der Waals surface area contributed by atoms with Crippen LogP contribution < -0.4 is 10.7 Å². The summed E-state index contributed by atoms with van der Waals surface area (Å²) in [4.78, 5) is 11.6. The van der Waals surface area contributed by atoms with Gasteiger partial charge in [-0.3, -0.25) is 10.2 Å². The van der Waals surface area contributed by atoms with E-state index in [1.807, 2.05) is 25.8 Å². The van der Waals surface area contributed by atoms with Gasteiger partial charge in [0.2, 0.25) is 5.91 Å². The van der Waals surface area contributed by atoms with Crippen molar-refractivity contribution in [2.45, 2.75) is 46.7 Å². The second-order valence-electron chi connectivity index (χ2n) is 5.61. The minimum absolute atomic E-state index is 0.0884. The minimum atomic E-state index is -0.309. The van der Waals surface area contributed by atoms with E-state index in [2.05, 4.69) is 24.6 Å². The van der Waals surface area contributed by atoms with Gasteiger partial charge in [0.25, 0.3) is 0 Å². The van der Waals surface area contributed by atoms with Crippen molar-refractivity contribution < 1.29 is 4.79 Å². The van der Waals surface area contributed by atoms with Gasteiger partial charge in [0.15, 0.2) is 0 Å². The van der Waals surface area contributed by atoms with Crippen LogP contribution in [0, 0.1) is 5.41 Å². The summed E-state index contributed by atoms with van der Waals surface area (Å²) < 4.78 is 0. The SMILES string of the molecule is CC(C)NC1CN(NC(=O)C(C)(C)C)C1. The molecule has 0 aromatic carbocycles. The average Bonchev–Trinajstić information content (AvgIpc) is 1.97. The lowest BCUT2D eigenvalue weighted by atomic mass is 9.96. The monoisotopic (exact) mass is 213 g/mol. The number of carbonyl (C=O) groups is 1. The fourth-order valence-electron chi connectivity index (χ4n) is 1.46. The van der Waals surface area contributed by atoms with Crippen LogP contribution in [-0.4, -0.2) is 36.1 Å². The molecule has 0 aromatic rings. The normalized spacial score (nSPS) is 19.1. The summed E-state index contributed by atoms with van der Waals surface area (Å²) in [6.07, 6.45) is 0. The lowest BCUT2D eigenvalue weighted by Crippen LogP contribution is -2.65. The lowest BCUT2D eigenvalue weighted by molar-refractivity contribution is -0.136. The van der Waals surface area contributed by atoms with Gasteiger partial charge in [-0.15, -0.1) is 0 Å². The summed E-state index contributed by atoms with van der Waals surface area (Å²) in [5.41, 5.74) is 2.60. The summed E-state index contributed by atoms with van der Waals surface area (Å²) in [7, 11) is 0. The third-order valence-corrected chi connectivity index (χ3v) is 2.39. The number of amides is 1. The molecule has 0 spiro atoms. The summed E-state index contributed by atoms with van der Waals surface area (Å²) in [6.45, 7) is 11.8. The van der Waals surface area contributed by atoms with E-state index in [-0.39, 0.29) is 11.3 Å². The van der Waals surface area contributed by atoms with Crippen LogP contribution in [0.25, 0.3) is 0 Å². The Labute approximate surface area is 92.4 Å². The molecule has 15 heavy (non-hydrogen) atoms. The van der Waals surface area contributed by atoms with Crippen LogP contribution in [0.3, 0.4) is 0 Å². The Balaban J connectivity index is 2.21. The number of carbonyl (C=O) groups excluding carboxylic acids is 1. The lowest BCUT2D eigenvalue weighted by Gasteiger charge is -2.41. The van der Waals surface area contributed by atoms with Crippen molar-refractivity contribution in [3.05, 3.63) is 0 Å². The van der Waals surface area contributed by atoms with Gasteiger partial charge in [-0.2, -0.15) is 0 Å². The van der Waals surface area contributed by atoms with Gasteiger partial charge in [-0.25, -0.2) is 5.01 Å². The Morgan fingerprint density at radius 2 is 1.87 bits per heavy atom. The van der Waals surface area contributed by atoms with Crippen molar-refractivity contribution in [1.82, 2.24) is 15.8 Å². The molecule has 2 N–H and O–H groups in total. The first-order valence-corrected chi connectivity index (χ1v) is 5.61. The van der Waals surface area contributed by atoms with Crippen LogP contribution in [0.5, 0.6) is 0 Å². The predicted molar refractivity (Wildman–Crippen MR) is 61.2 cm³/mol. The second kappa shape index (κ2) is 4.49. The van der Waals surface area contributed by atoms with Crippen molar-refractivity contribution in [3.63, 3.8) is 0 Å². The largest absolute Gasteiger partial charge is 0.309 e. The van der Waals surface area contributed by atoms with Crippen molar-refractivity contribution in [2.24, 2.45) is 5.41 Å². The van der Waals surface area contributed by atoms with E-state index in [0.29, 0.717) is 12.1 Å². The van der Waals surface area contributed by atoms with E-state index in [0.717, 1.165) is 13.1 Å². The number of nitrogens with one attached hydrogen (secondary N) is 2. The van der Waals surface area contributed by atoms with Crippen LogP contribution in [0.2, 0.25) is 0 Å². The molecule has 1 aliphatic heterocycles. The molecular formula is C11H23N3O. The molecule has 1 heterocycles. The number of hydrazine groups is 1. The molecule has 0 unspecified atom stereocenters. The molecule has 4 heteroatoms. The van der Waals surface area contributed by atoms with Gasteiger partial charge in [-0.05, 0) is 0 Å². The smallest absolute Gasteiger partial charge is 0.239 e. The van der Waals surface area contributed by atoms with E-state index in [1.165, 1.54) is 0 Å². The summed E-state index contributed by atoms with van der Waals surface area (Å²) in [5.74, 6) is 0.0884. The maximum atomic E-state index is 11.6. The molecule has 0 atom stereocenters. The maximum absolute atomic E-state index is 11.6. The number of hydrogen-bond donors (Lipinski definition) is 2. The van der Waals surface area contributed by atoms with Gasteiger partial charge in [0.1, 0.15) is 0 Å². The van der Waals surface area contributed by atoms with Crippen LogP contribution in [0.1, 0.15) is 34.6 Å². The Kier molecular flexibility index (Phi) is 3.73. The van der Waals surface area contributed by atoms with E-state index in [9.17, 15) is 4.79 Å². The molecule has 4 nitrogen and oxygen atoms in total. The second-order valence-corrected chi connectivity index (χ2v) is 5.61. The maximum Gasteiger partial charge on any atom is 0.239 e. The summed E-state index contributed by atoms with van der Waals surface area (Å²) >= 11 is 0. The van der Waals surface area contributed by atoms with Crippen molar-refractivity contribution in [3.8, 4) is 0 Å². The van der Waals surface area contributed by atoms with Crippen molar-refractivity contribution in [1.29, 1.82) is 0 Å². The standard InChI is InChI=1S/C11H23N3O/c1-8(2)12-9-6-14(7-9)13-10(15)11(3,4)5/h8-9,12H,6-7H2,1-5H3,(H,13,15). The zero-order valence-electron chi connectivity index (χ0n) is 10.4. The molecule has 0 radical (unpaired) electrons. The molecule has 1 rings (SSSR count). The first-order valence-electron chi connectivity index (χ1n) is 5.61. The first kappa shape index (κ1) is 12.5. The van der Waals surface area contributed by atoms with Gasteiger partial charge in [-0.1, -0.05) is 34.6 Å². The topological polar surface area (TPSA) is 44.4 Å². The minimum Gasteiger partial charge on any atom is -0.309 e. The van der Waals surface area contributed by atoms with Crippen LogP contribution >= 0.6 is 0 Å². The van der Waals surface area contributed by atoms with E-state index < -0.39 is 0 Å². The number of hydrogen-bond acceptors (Lipinski definition) is 3. The molecule has 88 valence electrons. The highest BCUT2D eigenvalue weighted by atomic mass is 16.2. The highest BCUT2D eigenvalue weighted by molar-refractivity contribution is 5.80. The van der Waals surface area contributed by atoms with E-state index in [4.69, 9.17) is 0 Å². The first-order chi connectivity index (χ1) is 6.79. The third-order valence-electron chi connectivity index (χ3n) is 2.39. The van der Waals surface area contributed by atoms with Gasteiger partial charge in [0.05, 0.1) is 0 Å². The molecule has 1 fully saturated rings. The third kappa shape index (κ3) is 3.80. The number of rotatable bonds is 3. The molecule has 1 saturated heterocycles. The summed E-state index contributed by atoms with van der Waals surface area (Å²) in [5, 5.41) is 5.39. The molecule has 1 aliphatic rings. The van der Waals surface area contributed by atoms with Gasteiger partial charge in [0, 0.05) is 30.6 Å². The molecule has 0 bridgehead atoms. The molecule has 0 saturated carbocycles. The molecule has 0 aliphatic carbocycles. The van der Waals surface area contributed by atoms with E-state index in [1.54, 1.807) is 0 Å². The highest BCUT2D eigenvalue weighted by Crippen LogP contribution is 2.14.